The van der Waals surface area contributed by atoms with Crippen LogP contribution in [0.5, 0.6) is 0 Å². The minimum atomic E-state index is -0.115. The summed E-state index contributed by atoms with van der Waals surface area (Å²) in [6.07, 6.45) is 0. The van der Waals surface area contributed by atoms with E-state index in [-0.39, 0.29) is 11.9 Å². The Kier molecular flexibility index (Phi) is 3.15. The lowest BCUT2D eigenvalue weighted by molar-refractivity contribution is 0.0947. The van der Waals surface area contributed by atoms with Gasteiger partial charge in [-0.2, -0.15) is 0 Å². The topological polar surface area (TPSA) is 70.9 Å². The number of hydrogen-bond acceptors (Lipinski definition) is 2. The number of rotatable bonds is 3. The van der Waals surface area contributed by atoms with Crippen molar-refractivity contribution >= 4 is 16.8 Å². The van der Waals surface area contributed by atoms with Crippen molar-refractivity contribution in [2.24, 2.45) is 5.73 Å². The molecule has 0 aliphatic rings. The number of nitrogens with two attached hydrogens (primary N) is 1. The van der Waals surface area contributed by atoms with Gasteiger partial charge in [0.05, 0.1) is 0 Å². The zero-order valence-electron chi connectivity index (χ0n) is 10.1. The van der Waals surface area contributed by atoms with Gasteiger partial charge in [0.1, 0.15) is 5.69 Å². The lowest BCUT2D eigenvalue weighted by Crippen LogP contribution is -2.35. The van der Waals surface area contributed by atoms with Gasteiger partial charge in [0, 0.05) is 23.5 Å². The van der Waals surface area contributed by atoms with E-state index in [0.717, 1.165) is 10.9 Å². The monoisotopic (exact) mass is 231 g/mol. The standard InChI is InChI=1S/C13H17N3O/c1-8-3-4-10-6-12(16-11(10)5-8)13(17)15-7-9(2)14/h3-6,9,16H,7,14H2,1-2H3,(H,15,17). The first kappa shape index (κ1) is 11.7. The molecule has 0 saturated carbocycles. The highest BCUT2D eigenvalue weighted by atomic mass is 16.1. The summed E-state index contributed by atoms with van der Waals surface area (Å²) in [5, 5.41) is 3.82. The number of aryl methyl sites for hydroxylation is 1. The van der Waals surface area contributed by atoms with Crippen LogP contribution in [0.25, 0.3) is 10.9 Å². The molecule has 0 aliphatic heterocycles. The van der Waals surface area contributed by atoms with Crippen LogP contribution >= 0.6 is 0 Å². The summed E-state index contributed by atoms with van der Waals surface area (Å²) in [6, 6.07) is 7.87. The number of fused-ring (bicyclic) bond motifs is 1. The lowest BCUT2D eigenvalue weighted by atomic mass is 10.2. The van der Waals surface area contributed by atoms with Crippen molar-refractivity contribution < 1.29 is 4.79 Å². The summed E-state index contributed by atoms with van der Waals surface area (Å²) in [5.41, 5.74) is 8.31. The molecule has 1 aromatic carbocycles. The van der Waals surface area contributed by atoms with Crippen LogP contribution in [0, 0.1) is 6.92 Å². The summed E-state index contributed by atoms with van der Waals surface area (Å²) in [5.74, 6) is -0.115. The quantitative estimate of drug-likeness (QED) is 0.750. The van der Waals surface area contributed by atoms with Crippen molar-refractivity contribution in [1.29, 1.82) is 0 Å². The molecule has 4 heteroatoms. The zero-order valence-corrected chi connectivity index (χ0v) is 10.1. The largest absolute Gasteiger partial charge is 0.351 e. The number of H-pyrrole nitrogens is 1. The Balaban J connectivity index is 2.21. The van der Waals surface area contributed by atoms with Gasteiger partial charge in [-0.1, -0.05) is 12.1 Å². The van der Waals surface area contributed by atoms with Crippen LogP contribution in [-0.2, 0) is 0 Å². The van der Waals surface area contributed by atoms with Crippen LogP contribution in [0.3, 0.4) is 0 Å². The van der Waals surface area contributed by atoms with Gasteiger partial charge in [0.2, 0.25) is 0 Å². The van der Waals surface area contributed by atoms with Gasteiger partial charge >= 0.3 is 0 Å². The van der Waals surface area contributed by atoms with Gasteiger partial charge in [-0.15, -0.1) is 0 Å². The van der Waals surface area contributed by atoms with Crippen molar-refractivity contribution in [2.45, 2.75) is 19.9 Å². The van der Waals surface area contributed by atoms with Crippen molar-refractivity contribution in [3.8, 4) is 0 Å². The molecule has 1 unspecified atom stereocenters. The van der Waals surface area contributed by atoms with Crippen LogP contribution < -0.4 is 11.1 Å². The number of carbonyl (C=O) groups is 1. The van der Waals surface area contributed by atoms with Gasteiger partial charge < -0.3 is 16.0 Å². The van der Waals surface area contributed by atoms with Gasteiger partial charge in [0.25, 0.3) is 5.91 Å². The molecule has 0 saturated heterocycles. The molecule has 0 spiro atoms. The molecule has 4 N–H and O–H groups in total. The summed E-state index contributed by atoms with van der Waals surface area (Å²) in [4.78, 5) is 14.9. The normalized spacial score (nSPS) is 12.6. The van der Waals surface area contributed by atoms with Crippen LogP contribution in [0.1, 0.15) is 23.0 Å². The van der Waals surface area contributed by atoms with Crippen LogP contribution in [-0.4, -0.2) is 23.5 Å². The van der Waals surface area contributed by atoms with Gasteiger partial charge in [0.15, 0.2) is 0 Å². The zero-order chi connectivity index (χ0) is 12.4. The van der Waals surface area contributed by atoms with Gasteiger partial charge in [-0.3, -0.25) is 4.79 Å². The lowest BCUT2D eigenvalue weighted by Gasteiger charge is -2.05. The fourth-order valence-corrected chi connectivity index (χ4v) is 1.71. The average Bonchev–Trinajstić information content (AvgIpc) is 2.68. The molecule has 90 valence electrons. The molecule has 0 fully saturated rings. The summed E-state index contributed by atoms with van der Waals surface area (Å²) >= 11 is 0. The summed E-state index contributed by atoms with van der Waals surface area (Å²) < 4.78 is 0. The van der Waals surface area contributed by atoms with E-state index in [4.69, 9.17) is 5.73 Å². The first-order valence-electron chi connectivity index (χ1n) is 5.69. The Bertz CT molecular complexity index is 543. The Morgan fingerprint density at radius 1 is 1.47 bits per heavy atom. The summed E-state index contributed by atoms with van der Waals surface area (Å²) in [6.45, 7) is 4.36. The SMILES string of the molecule is Cc1ccc2cc(C(=O)NCC(C)N)[nH]c2c1. The highest BCUT2D eigenvalue weighted by Crippen LogP contribution is 2.16. The van der Waals surface area contributed by atoms with Crippen molar-refractivity contribution in [1.82, 2.24) is 10.3 Å². The number of nitrogens with one attached hydrogen (secondary N) is 2. The second-order valence-corrected chi connectivity index (χ2v) is 4.46. The fourth-order valence-electron chi connectivity index (χ4n) is 1.71. The average molecular weight is 231 g/mol. The van der Waals surface area contributed by atoms with Crippen molar-refractivity contribution in [2.75, 3.05) is 6.54 Å². The molecule has 1 amide bonds. The number of carbonyl (C=O) groups excluding carboxylic acids is 1. The third-order valence-corrected chi connectivity index (χ3v) is 2.61. The van der Waals surface area contributed by atoms with Crippen molar-refractivity contribution in [3.05, 3.63) is 35.5 Å². The van der Waals surface area contributed by atoms with Crippen LogP contribution in [0.2, 0.25) is 0 Å². The first-order chi connectivity index (χ1) is 8.06. The molecule has 2 rings (SSSR count). The second kappa shape index (κ2) is 4.59. The third-order valence-electron chi connectivity index (χ3n) is 2.61. The van der Waals surface area contributed by atoms with E-state index in [1.807, 2.05) is 38.1 Å². The van der Waals surface area contributed by atoms with E-state index < -0.39 is 0 Å². The summed E-state index contributed by atoms with van der Waals surface area (Å²) in [7, 11) is 0. The van der Waals surface area contributed by atoms with E-state index in [0.29, 0.717) is 12.2 Å². The number of aromatic nitrogens is 1. The highest BCUT2D eigenvalue weighted by Gasteiger charge is 2.09. The second-order valence-electron chi connectivity index (χ2n) is 4.46. The number of amides is 1. The molecule has 2 aromatic rings. The van der Waals surface area contributed by atoms with Crippen LogP contribution in [0.15, 0.2) is 24.3 Å². The Labute approximate surface area is 100 Å². The maximum absolute atomic E-state index is 11.8. The molecular formula is C13H17N3O. The van der Waals surface area contributed by atoms with Gasteiger partial charge in [-0.05, 0) is 31.5 Å². The van der Waals surface area contributed by atoms with E-state index in [1.54, 1.807) is 0 Å². The third kappa shape index (κ3) is 2.65. The highest BCUT2D eigenvalue weighted by molar-refractivity contribution is 5.98. The maximum Gasteiger partial charge on any atom is 0.267 e. The fraction of sp³-hybridized carbons (Fsp3) is 0.308. The molecule has 0 bridgehead atoms. The molecular weight excluding hydrogens is 214 g/mol. The molecule has 4 nitrogen and oxygen atoms in total. The predicted molar refractivity (Wildman–Crippen MR) is 69.0 cm³/mol. The minimum Gasteiger partial charge on any atom is -0.351 e. The Morgan fingerprint density at radius 2 is 2.24 bits per heavy atom. The predicted octanol–water partition coefficient (Wildman–Crippen LogP) is 1.55. The molecule has 1 aromatic heterocycles. The van der Waals surface area contributed by atoms with E-state index in [1.165, 1.54) is 5.56 Å². The van der Waals surface area contributed by atoms with E-state index in [2.05, 4.69) is 10.3 Å². The first-order valence-corrected chi connectivity index (χ1v) is 5.69. The van der Waals surface area contributed by atoms with E-state index >= 15 is 0 Å². The van der Waals surface area contributed by atoms with Crippen molar-refractivity contribution in [3.63, 3.8) is 0 Å². The minimum absolute atomic E-state index is 0.0365. The Morgan fingerprint density at radius 3 is 2.94 bits per heavy atom. The molecule has 17 heavy (non-hydrogen) atoms. The van der Waals surface area contributed by atoms with E-state index in [9.17, 15) is 4.79 Å². The maximum atomic E-state index is 11.8. The number of aromatic amines is 1. The van der Waals surface area contributed by atoms with Gasteiger partial charge in [-0.25, -0.2) is 0 Å². The molecule has 0 aliphatic carbocycles. The molecule has 0 radical (unpaired) electrons. The smallest absolute Gasteiger partial charge is 0.267 e. The number of benzene rings is 1. The Hall–Kier alpha value is -1.81. The molecule has 1 heterocycles. The number of hydrogen-bond donors (Lipinski definition) is 3. The molecule has 1 atom stereocenters. The van der Waals surface area contributed by atoms with Crippen LogP contribution in [0.4, 0.5) is 0 Å².